The largest absolute Gasteiger partial charge is 0.334 e. The van der Waals surface area contributed by atoms with E-state index < -0.39 is 0 Å². The smallest absolute Gasteiger partial charge is 0.259 e. The fourth-order valence-corrected chi connectivity index (χ4v) is 2.16. The molecule has 0 bridgehead atoms. The second kappa shape index (κ2) is 5.75. The van der Waals surface area contributed by atoms with Crippen molar-refractivity contribution in [2.75, 3.05) is 6.54 Å². The highest BCUT2D eigenvalue weighted by atomic mass is 79.9. The molecule has 0 fully saturated rings. The number of benzene rings is 1. The molecule has 0 spiro atoms. The molecule has 0 aliphatic carbocycles. The number of halogens is 2. The summed E-state index contributed by atoms with van der Waals surface area (Å²) in [4.78, 5) is 4.34. The minimum atomic E-state index is 0.519. The van der Waals surface area contributed by atoms with Gasteiger partial charge >= 0.3 is 0 Å². The van der Waals surface area contributed by atoms with Gasteiger partial charge in [0.25, 0.3) is 5.89 Å². The van der Waals surface area contributed by atoms with Crippen molar-refractivity contribution in [3.8, 4) is 11.5 Å². The highest BCUT2D eigenvalue weighted by Crippen LogP contribution is 2.29. The van der Waals surface area contributed by atoms with Crippen molar-refractivity contribution in [3.05, 3.63) is 33.0 Å². The summed E-state index contributed by atoms with van der Waals surface area (Å²) in [5.41, 5.74) is 6.32. The van der Waals surface area contributed by atoms with Gasteiger partial charge in [0, 0.05) is 15.4 Å². The summed E-state index contributed by atoms with van der Waals surface area (Å²) in [6.07, 6.45) is 1.60. The van der Waals surface area contributed by atoms with Crippen LogP contribution in [-0.4, -0.2) is 16.7 Å². The van der Waals surface area contributed by atoms with E-state index in [9.17, 15) is 0 Å². The van der Waals surface area contributed by atoms with Crippen LogP contribution < -0.4 is 5.73 Å². The molecule has 90 valence electrons. The van der Waals surface area contributed by atoms with E-state index in [1.165, 1.54) is 0 Å². The summed E-state index contributed by atoms with van der Waals surface area (Å²) in [6.45, 7) is 0.629. The molecular weight excluding hydrogens is 350 g/mol. The van der Waals surface area contributed by atoms with E-state index in [-0.39, 0.29) is 0 Å². The average molecular weight is 361 g/mol. The zero-order chi connectivity index (χ0) is 12.3. The minimum absolute atomic E-state index is 0.519. The van der Waals surface area contributed by atoms with Crippen molar-refractivity contribution in [3.63, 3.8) is 0 Å². The predicted octanol–water partition coefficient (Wildman–Crippen LogP) is 3.15. The number of rotatable bonds is 4. The van der Waals surface area contributed by atoms with Crippen molar-refractivity contribution in [2.45, 2.75) is 12.8 Å². The molecule has 0 amide bonds. The Morgan fingerprint density at radius 3 is 2.88 bits per heavy atom. The molecule has 4 nitrogen and oxygen atoms in total. The zero-order valence-electron chi connectivity index (χ0n) is 8.99. The Morgan fingerprint density at radius 2 is 2.12 bits per heavy atom. The Kier molecular flexibility index (Phi) is 4.31. The predicted molar refractivity (Wildman–Crippen MR) is 72.5 cm³/mol. The van der Waals surface area contributed by atoms with Gasteiger partial charge in [-0.3, -0.25) is 0 Å². The molecule has 2 aromatic rings. The van der Waals surface area contributed by atoms with Gasteiger partial charge in [0.15, 0.2) is 5.82 Å². The average Bonchev–Trinajstić information content (AvgIpc) is 2.78. The molecule has 17 heavy (non-hydrogen) atoms. The van der Waals surface area contributed by atoms with Gasteiger partial charge in [0.2, 0.25) is 0 Å². The lowest BCUT2D eigenvalue weighted by Crippen LogP contribution is -2.01. The third-order valence-electron chi connectivity index (χ3n) is 2.23. The van der Waals surface area contributed by atoms with Crippen LogP contribution in [0.4, 0.5) is 0 Å². The third kappa shape index (κ3) is 3.14. The van der Waals surface area contributed by atoms with Crippen LogP contribution in [0, 0.1) is 0 Å². The van der Waals surface area contributed by atoms with Gasteiger partial charge in [0.05, 0.1) is 5.56 Å². The van der Waals surface area contributed by atoms with E-state index in [2.05, 4.69) is 42.0 Å². The van der Waals surface area contributed by atoms with Crippen molar-refractivity contribution in [1.29, 1.82) is 0 Å². The number of hydrogen-bond acceptors (Lipinski definition) is 4. The first kappa shape index (κ1) is 12.7. The number of nitrogens with zero attached hydrogens (tertiary/aromatic N) is 2. The maximum Gasteiger partial charge on any atom is 0.259 e. The second-order valence-corrected chi connectivity index (χ2v) is 5.30. The molecule has 6 heteroatoms. The summed E-state index contributed by atoms with van der Waals surface area (Å²) in [5.74, 6) is 1.21. The summed E-state index contributed by atoms with van der Waals surface area (Å²) in [7, 11) is 0. The standard InChI is InChI=1S/C11H11Br2N3O/c12-7-3-4-9(13)8(6-7)11-15-10(16-17-11)2-1-5-14/h3-4,6H,1-2,5,14H2. The Bertz CT molecular complexity index is 513. The van der Waals surface area contributed by atoms with E-state index in [1.54, 1.807) is 0 Å². The van der Waals surface area contributed by atoms with E-state index in [4.69, 9.17) is 10.3 Å². The van der Waals surface area contributed by atoms with Crippen molar-refractivity contribution in [2.24, 2.45) is 5.73 Å². The van der Waals surface area contributed by atoms with E-state index in [0.717, 1.165) is 27.4 Å². The van der Waals surface area contributed by atoms with Gasteiger partial charge in [-0.25, -0.2) is 0 Å². The van der Waals surface area contributed by atoms with Crippen LogP contribution >= 0.6 is 31.9 Å². The Morgan fingerprint density at radius 1 is 1.29 bits per heavy atom. The van der Waals surface area contributed by atoms with Crippen LogP contribution in [0.2, 0.25) is 0 Å². The first-order valence-corrected chi connectivity index (χ1v) is 6.77. The Hall–Kier alpha value is -0.720. The fourth-order valence-electron chi connectivity index (χ4n) is 1.39. The molecule has 1 aromatic heterocycles. The lowest BCUT2D eigenvalue weighted by Gasteiger charge is -1.98. The highest BCUT2D eigenvalue weighted by molar-refractivity contribution is 9.11. The maximum atomic E-state index is 5.44. The lowest BCUT2D eigenvalue weighted by molar-refractivity contribution is 0.421. The molecule has 1 aromatic carbocycles. The first-order valence-electron chi connectivity index (χ1n) is 5.19. The van der Waals surface area contributed by atoms with Crippen LogP contribution in [0.1, 0.15) is 12.2 Å². The first-order chi connectivity index (χ1) is 8.20. The van der Waals surface area contributed by atoms with E-state index >= 15 is 0 Å². The second-order valence-electron chi connectivity index (χ2n) is 3.53. The van der Waals surface area contributed by atoms with Gasteiger partial charge in [0.1, 0.15) is 0 Å². The molecule has 2 N–H and O–H groups in total. The van der Waals surface area contributed by atoms with Gasteiger partial charge in [-0.15, -0.1) is 0 Å². The van der Waals surface area contributed by atoms with Crippen molar-refractivity contribution >= 4 is 31.9 Å². The molecule has 2 rings (SSSR count). The normalized spacial score (nSPS) is 10.8. The van der Waals surface area contributed by atoms with Crippen LogP contribution in [-0.2, 0) is 6.42 Å². The van der Waals surface area contributed by atoms with Crippen LogP contribution in [0.3, 0.4) is 0 Å². The monoisotopic (exact) mass is 359 g/mol. The van der Waals surface area contributed by atoms with Gasteiger partial charge in [-0.05, 0) is 47.1 Å². The Balaban J connectivity index is 2.27. The summed E-state index contributed by atoms with van der Waals surface area (Å²) in [6, 6.07) is 5.81. The molecule has 0 saturated carbocycles. The van der Waals surface area contributed by atoms with Gasteiger partial charge in [-0.1, -0.05) is 21.1 Å². The molecular formula is C11H11Br2N3O. The van der Waals surface area contributed by atoms with Crippen LogP contribution in [0.15, 0.2) is 31.7 Å². The van der Waals surface area contributed by atoms with Gasteiger partial charge < -0.3 is 10.3 Å². The van der Waals surface area contributed by atoms with Gasteiger partial charge in [-0.2, -0.15) is 4.98 Å². The number of aryl methyl sites for hydroxylation is 1. The number of aromatic nitrogens is 2. The summed E-state index contributed by atoms with van der Waals surface area (Å²) >= 11 is 6.88. The molecule has 0 radical (unpaired) electrons. The Labute approximate surface area is 116 Å². The molecule has 0 aliphatic heterocycles. The van der Waals surface area contributed by atoms with E-state index in [0.29, 0.717) is 18.3 Å². The molecule has 1 heterocycles. The maximum absolute atomic E-state index is 5.44. The molecule has 0 unspecified atom stereocenters. The fraction of sp³-hybridized carbons (Fsp3) is 0.273. The highest BCUT2D eigenvalue weighted by Gasteiger charge is 2.12. The van der Waals surface area contributed by atoms with Crippen LogP contribution in [0.25, 0.3) is 11.5 Å². The SMILES string of the molecule is NCCCc1noc(-c2cc(Br)ccc2Br)n1. The molecule has 0 aliphatic rings. The molecule has 0 atom stereocenters. The zero-order valence-corrected chi connectivity index (χ0v) is 12.2. The summed E-state index contributed by atoms with van der Waals surface area (Å²) in [5, 5.41) is 3.92. The lowest BCUT2D eigenvalue weighted by atomic mass is 10.2. The quantitative estimate of drug-likeness (QED) is 0.909. The van der Waals surface area contributed by atoms with Crippen molar-refractivity contribution < 1.29 is 4.52 Å². The summed E-state index contributed by atoms with van der Waals surface area (Å²) < 4.78 is 7.13. The minimum Gasteiger partial charge on any atom is -0.334 e. The van der Waals surface area contributed by atoms with E-state index in [1.807, 2.05) is 18.2 Å². The third-order valence-corrected chi connectivity index (χ3v) is 3.42. The van der Waals surface area contributed by atoms with Crippen molar-refractivity contribution in [1.82, 2.24) is 10.1 Å². The van der Waals surface area contributed by atoms with Crippen LogP contribution in [0.5, 0.6) is 0 Å². The topological polar surface area (TPSA) is 64.9 Å². The molecule has 0 saturated heterocycles. The number of nitrogens with two attached hydrogens (primary N) is 1. The number of hydrogen-bond donors (Lipinski definition) is 1.